The van der Waals surface area contributed by atoms with Crippen LogP contribution in [0.3, 0.4) is 0 Å². The Bertz CT molecular complexity index is 550. The zero-order valence-corrected chi connectivity index (χ0v) is 14.2. The van der Waals surface area contributed by atoms with E-state index in [0.717, 1.165) is 6.42 Å². The van der Waals surface area contributed by atoms with Crippen LogP contribution >= 0.6 is 15.9 Å². The number of hydrogen-bond acceptors (Lipinski definition) is 4. The van der Waals surface area contributed by atoms with E-state index >= 15 is 0 Å². The van der Waals surface area contributed by atoms with Crippen molar-refractivity contribution in [2.75, 3.05) is 6.54 Å². The van der Waals surface area contributed by atoms with E-state index in [1.54, 1.807) is 6.07 Å². The molecule has 2 rings (SSSR count). The van der Waals surface area contributed by atoms with Crippen molar-refractivity contribution in [2.24, 2.45) is 5.92 Å². The van der Waals surface area contributed by atoms with Crippen molar-refractivity contribution in [2.45, 2.75) is 50.6 Å². The fourth-order valence-corrected chi connectivity index (χ4v) is 3.80. The maximum absolute atomic E-state index is 12.2. The summed E-state index contributed by atoms with van der Waals surface area (Å²) in [7, 11) is -3.51. The van der Waals surface area contributed by atoms with E-state index < -0.39 is 10.0 Å². The largest absolute Gasteiger partial charge is 0.452 e. The lowest BCUT2D eigenvalue weighted by Crippen LogP contribution is -2.25. The molecule has 2 N–H and O–H groups in total. The zero-order valence-electron chi connectivity index (χ0n) is 11.8. The lowest BCUT2D eigenvalue weighted by Gasteiger charge is -2.06. The number of hydrogen-bond donors (Lipinski definition) is 2. The molecule has 0 amide bonds. The predicted octanol–water partition coefficient (Wildman–Crippen LogP) is 2.62. The average Bonchev–Trinajstić information content (AvgIpc) is 3.08. The first-order valence-electron chi connectivity index (χ1n) is 6.89. The maximum atomic E-state index is 12.2. The van der Waals surface area contributed by atoms with E-state index in [1.165, 1.54) is 12.8 Å². The van der Waals surface area contributed by atoms with Crippen LogP contribution < -0.4 is 10.0 Å². The lowest BCUT2D eigenvalue weighted by molar-refractivity contribution is 0.460. The van der Waals surface area contributed by atoms with Crippen molar-refractivity contribution in [1.82, 2.24) is 10.0 Å². The molecule has 7 heteroatoms. The second-order valence-corrected chi connectivity index (χ2v) is 8.04. The predicted molar refractivity (Wildman–Crippen MR) is 80.9 cm³/mol. The van der Waals surface area contributed by atoms with Gasteiger partial charge in [0.1, 0.15) is 10.7 Å². The zero-order chi connectivity index (χ0) is 14.8. The maximum Gasteiger partial charge on any atom is 0.244 e. The molecule has 0 saturated heterocycles. The number of rotatable bonds is 8. The Kier molecular flexibility index (Phi) is 5.28. The smallest absolute Gasteiger partial charge is 0.244 e. The van der Waals surface area contributed by atoms with Crippen molar-refractivity contribution < 1.29 is 12.8 Å². The van der Waals surface area contributed by atoms with Crippen molar-refractivity contribution in [3.63, 3.8) is 0 Å². The van der Waals surface area contributed by atoms with Gasteiger partial charge in [-0.15, -0.1) is 0 Å². The Morgan fingerprint density at radius 1 is 1.45 bits per heavy atom. The molecule has 5 nitrogen and oxygen atoms in total. The summed E-state index contributed by atoms with van der Waals surface area (Å²) in [6, 6.07) is 2.14. The van der Waals surface area contributed by atoms with Crippen molar-refractivity contribution in [3.05, 3.63) is 16.5 Å². The van der Waals surface area contributed by atoms with Crippen LogP contribution in [0, 0.1) is 5.92 Å². The standard InChI is InChI=1S/C13H21BrN2O3S/c1-9(2)5-6-16-20(17,18)12-7-11(19-13(12)14)8-15-10-3-4-10/h7,9-10,15-16H,3-6,8H2,1-2H3. The van der Waals surface area contributed by atoms with Gasteiger partial charge in [0.15, 0.2) is 4.67 Å². The summed E-state index contributed by atoms with van der Waals surface area (Å²) in [5.41, 5.74) is 0. The molecule has 0 bridgehead atoms. The summed E-state index contributed by atoms with van der Waals surface area (Å²) in [4.78, 5) is 0.175. The van der Waals surface area contributed by atoms with Crippen molar-refractivity contribution in [3.8, 4) is 0 Å². The van der Waals surface area contributed by atoms with Crippen LogP contribution in [0.15, 0.2) is 20.0 Å². The first-order valence-corrected chi connectivity index (χ1v) is 9.17. The van der Waals surface area contributed by atoms with Crippen LogP contribution in [0.2, 0.25) is 0 Å². The molecule has 0 aliphatic heterocycles. The molecular weight excluding hydrogens is 344 g/mol. The van der Waals surface area contributed by atoms with E-state index in [1.807, 2.05) is 0 Å². The number of sulfonamides is 1. The summed E-state index contributed by atoms with van der Waals surface area (Å²) in [5, 5.41) is 3.29. The Hall–Kier alpha value is -0.370. The van der Waals surface area contributed by atoms with Gasteiger partial charge in [-0.25, -0.2) is 13.1 Å². The molecule has 114 valence electrons. The highest BCUT2D eigenvalue weighted by Crippen LogP contribution is 2.27. The molecule has 0 atom stereocenters. The molecule has 0 aromatic carbocycles. The topological polar surface area (TPSA) is 71.3 Å². The molecule has 0 radical (unpaired) electrons. The van der Waals surface area contributed by atoms with Gasteiger partial charge in [-0.3, -0.25) is 0 Å². The first kappa shape index (κ1) is 16.0. The van der Waals surface area contributed by atoms with Crippen LogP contribution in [0.5, 0.6) is 0 Å². The number of furan rings is 1. The average molecular weight is 365 g/mol. The summed E-state index contributed by atoms with van der Waals surface area (Å²) in [6.45, 7) is 5.12. The van der Waals surface area contributed by atoms with E-state index in [-0.39, 0.29) is 9.56 Å². The molecule has 1 aliphatic rings. The van der Waals surface area contributed by atoms with Gasteiger partial charge in [-0.1, -0.05) is 13.8 Å². The minimum absolute atomic E-state index is 0.175. The molecule has 20 heavy (non-hydrogen) atoms. The quantitative estimate of drug-likeness (QED) is 0.743. The van der Waals surface area contributed by atoms with Gasteiger partial charge in [-0.05, 0) is 41.1 Å². The minimum Gasteiger partial charge on any atom is -0.452 e. The first-order chi connectivity index (χ1) is 9.38. The van der Waals surface area contributed by atoms with E-state index in [9.17, 15) is 8.42 Å². The summed E-state index contributed by atoms with van der Waals surface area (Å²) < 4.78 is 32.7. The van der Waals surface area contributed by atoms with Gasteiger partial charge in [0.05, 0.1) is 6.54 Å². The van der Waals surface area contributed by atoms with Gasteiger partial charge in [0, 0.05) is 18.7 Å². The van der Waals surface area contributed by atoms with Crippen LogP contribution in [0.25, 0.3) is 0 Å². The van der Waals surface area contributed by atoms with Crippen LogP contribution in [-0.2, 0) is 16.6 Å². The third kappa shape index (κ3) is 4.58. The van der Waals surface area contributed by atoms with E-state index in [0.29, 0.717) is 30.8 Å². The highest BCUT2D eigenvalue weighted by Gasteiger charge is 2.24. The number of halogens is 1. The Morgan fingerprint density at radius 3 is 2.75 bits per heavy atom. The summed E-state index contributed by atoms with van der Waals surface area (Å²) in [6.07, 6.45) is 3.18. The fourth-order valence-electron chi connectivity index (χ4n) is 1.76. The molecule has 0 unspecified atom stereocenters. The minimum atomic E-state index is -3.51. The second-order valence-electron chi connectivity index (χ2n) is 5.59. The third-order valence-electron chi connectivity index (χ3n) is 3.15. The molecule has 1 aromatic heterocycles. The van der Waals surface area contributed by atoms with E-state index in [4.69, 9.17) is 4.42 Å². The van der Waals surface area contributed by atoms with Gasteiger partial charge in [0.25, 0.3) is 0 Å². The number of nitrogens with one attached hydrogen (secondary N) is 2. The lowest BCUT2D eigenvalue weighted by atomic mass is 10.1. The summed E-state index contributed by atoms with van der Waals surface area (Å²) >= 11 is 3.18. The van der Waals surface area contributed by atoms with Crippen LogP contribution in [0.4, 0.5) is 0 Å². The third-order valence-corrected chi connectivity index (χ3v) is 5.47. The van der Waals surface area contributed by atoms with Crippen molar-refractivity contribution in [1.29, 1.82) is 0 Å². The Labute approximate surface area is 128 Å². The molecule has 1 aromatic rings. The second kappa shape index (κ2) is 6.60. The fraction of sp³-hybridized carbons (Fsp3) is 0.692. The summed E-state index contributed by atoms with van der Waals surface area (Å²) in [5.74, 6) is 1.09. The molecular formula is C13H21BrN2O3S. The molecule has 1 saturated carbocycles. The molecule has 1 fully saturated rings. The Morgan fingerprint density at radius 2 is 2.15 bits per heavy atom. The highest BCUT2D eigenvalue weighted by molar-refractivity contribution is 9.10. The van der Waals surface area contributed by atoms with E-state index in [2.05, 4.69) is 39.8 Å². The van der Waals surface area contributed by atoms with Crippen molar-refractivity contribution >= 4 is 26.0 Å². The van der Waals surface area contributed by atoms with Crippen LogP contribution in [0.1, 0.15) is 38.9 Å². The molecule has 1 aliphatic carbocycles. The van der Waals surface area contributed by atoms with Gasteiger partial charge in [-0.2, -0.15) is 0 Å². The van der Waals surface area contributed by atoms with Crippen LogP contribution in [-0.4, -0.2) is 21.0 Å². The van der Waals surface area contributed by atoms with Gasteiger partial charge >= 0.3 is 0 Å². The molecule has 0 spiro atoms. The molecule has 1 heterocycles. The van der Waals surface area contributed by atoms with Gasteiger partial charge < -0.3 is 9.73 Å². The van der Waals surface area contributed by atoms with Gasteiger partial charge in [0.2, 0.25) is 10.0 Å². The SMILES string of the molecule is CC(C)CCNS(=O)(=O)c1cc(CNC2CC2)oc1Br. The normalized spacial score (nSPS) is 16.0. The monoisotopic (exact) mass is 364 g/mol. The highest BCUT2D eigenvalue weighted by atomic mass is 79.9. The Balaban J connectivity index is 1.98.